The molecular formula is C27H31N3O4. The third-order valence-corrected chi connectivity index (χ3v) is 5.58. The lowest BCUT2D eigenvalue weighted by Gasteiger charge is -2.26. The molecule has 1 aromatic heterocycles. The van der Waals surface area contributed by atoms with Gasteiger partial charge in [-0.15, -0.1) is 0 Å². The SMILES string of the molecule is O=C(Cc1ccccc1)NCc1ccc(OCc2ccc(OCCN3CCOCC3)cc2)cn1. The molecular weight excluding hydrogens is 430 g/mol. The summed E-state index contributed by atoms with van der Waals surface area (Å²) in [5.74, 6) is 1.52. The van der Waals surface area contributed by atoms with E-state index in [2.05, 4.69) is 15.2 Å². The Labute approximate surface area is 200 Å². The summed E-state index contributed by atoms with van der Waals surface area (Å²) in [6.07, 6.45) is 2.04. The first kappa shape index (κ1) is 23.7. The van der Waals surface area contributed by atoms with E-state index >= 15 is 0 Å². The van der Waals surface area contributed by atoms with Gasteiger partial charge in [0, 0.05) is 19.6 Å². The van der Waals surface area contributed by atoms with Gasteiger partial charge in [-0.3, -0.25) is 14.7 Å². The van der Waals surface area contributed by atoms with Crippen LogP contribution in [0.3, 0.4) is 0 Å². The molecule has 34 heavy (non-hydrogen) atoms. The number of amides is 1. The Bertz CT molecular complexity index is 1000. The summed E-state index contributed by atoms with van der Waals surface area (Å²) >= 11 is 0. The van der Waals surface area contributed by atoms with Crippen LogP contribution >= 0.6 is 0 Å². The predicted molar refractivity (Wildman–Crippen MR) is 130 cm³/mol. The molecule has 7 nitrogen and oxygen atoms in total. The van der Waals surface area contributed by atoms with Crippen molar-refractivity contribution in [2.45, 2.75) is 19.6 Å². The monoisotopic (exact) mass is 461 g/mol. The van der Waals surface area contributed by atoms with Crippen LogP contribution in [0.15, 0.2) is 72.9 Å². The highest BCUT2D eigenvalue weighted by atomic mass is 16.5. The molecule has 2 heterocycles. The molecule has 1 N–H and O–H groups in total. The zero-order valence-electron chi connectivity index (χ0n) is 19.3. The molecule has 0 aliphatic carbocycles. The first-order chi connectivity index (χ1) is 16.7. The molecule has 1 aliphatic heterocycles. The van der Waals surface area contributed by atoms with Crippen LogP contribution in [0.1, 0.15) is 16.8 Å². The van der Waals surface area contributed by atoms with E-state index in [1.54, 1.807) is 6.20 Å². The summed E-state index contributed by atoms with van der Waals surface area (Å²) in [5.41, 5.74) is 2.83. The number of aromatic nitrogens is 1. The molecule has 0 bridgehead atoms. The van der Waals surface area contributed by atoms with Crippen LogP contribution in [0.4, 0.5) is 0 Å². The van der Waals surface area contributed by atoms with E-state index in [1.807, 2.05) is 66.7 Å². The van der Waals surface area contributed by atoms with E-state index in [-0.39, 0.29) is 5.91 Å². The van der Waals surface area contributed by atoms with Gasteiger partial charge in [-0.05, 0) is 35.4 Å². The molecule has 7 heteroatoms. The summed E-state index contributed by atoms with van der Waals surface area (Å²) in [7, 11) is 0. The molecule has 0 saturated carbocycles. The molecule has 0 unspecified atom stereocenters. The van der Waals surface area contributed by atoms with Crippen LogP contribution in [-0.4, -0.2) is 55.2 Å². The smallest absolute Gasteiger partial charge is 0.224 e. The van der Waals surface area contributed by atoms with Crippen molar-refractivity contribution in [2.24, 2.45) is 0 Å². The zero-order valence-corrected chi connectivity index (χ0v) is 19.3. The van der Waals surface area contributed by atoms with Crippen molar-refractivity contribution in [1.82, 2.24) is 15.2 Å². The summed E-state index contributed by atoms with van der Waals surface area (Å²) < 4.78 is 17.1. The van der Waals surface area contributed by atoms with Gasteiger partial charge < -0.3 is 19.5 Å². The van der Waals surface area contributed by atoms with Gasteiger partial charge in [0.15, 0.2) is 0 Å². The normalized spacial score (nSPS) is 13.9. The number of rotatable bonds is 11. The lowest BCUT2D eigenvalue weighted by Crippen LogP contribution is -2.38. The number of hydrogen-bond acceptors (Lipinski definition) is 6. The molecule has 2 aromatic carbocycles. The summed E-state index contributed by atoms with van der Waals surface area (Å²) in [5, 5.41) is 2.90. The molecule has 1 amide bonds. The maximum absolute atomic E-state index is 12.1. The highest BCUT2D eigenvalue weighted by Gasteiger charge is 2.10. The van der Waals surface area contributed by atoms with E-state index in [4.69, 9.17) is 14.2 Å². The minimum absolute atomic E-state index is 0.0261. The number of nitrogens with one attached hydrogen (secondary N) is 1. The van der Waals surface area contributed by atoms with Crippen LogP contribution in [0.25, 0.3) is 0 Å². The Morgan fingerprint density at radius 2 is 1.68 bits per heavy atom. The highest BCUT2D eigenvalue weighted by Crippen LogP contribution is 2.16. The molecule has 3 aromatic rings. The van der Waals surface area contributed by atoms with Crippen LogP contribution in [0, 0.1) is 0 Å². The first-order valence-corrected chi connectivity index (χ1v) is 11.6. The van der Waals surface area contributed by atoms with E-state index in [1.165, 1.54) is 0 Å². The Kier molecular flexibility index (Phi) is 8.88. The minimum Gasteiger partial charge on any atom is -0.492 e. The highest BCUT2D eigenvalue weighted by molar-refractivity contribution is 5.78. The standard InChI is InChI=1S/C27H31N3O4/c31-27(18-22-4-2-1-3-5-22)29-19-24-8-11-26(20-28-24)34-21-23-6-9-25(10-7-23)33-17-14-30-12-15-32-16-13-30/h1-11,20H,12-19,21H2,(H,29,31). The van der Waals surface area contributed by atoms with Gasteiger partial charge >= 0.3 is 0 Å². The van der Waals surface area contributed by atoms with E-state index in [0.29, 0.717) is 31.9 Å². The second-order valence-electron chi connectivity index (χ2n) is 8.16. The minimum atomic E-state index is -0.0261. The van der Waals surface area contributed by atoms with E-state index < -0.39 is 0 Å². The fraction of sp³-hybridized carbons (Fsp3) is 0.333. The maximum Gasteiger partial charge on any atom is 0.224 e. The molecule has 0 spiro atoms. The number of nitrogens with zero attached hydrogens (tertiary/aromatic N) is 2. The second kappa shape index (κ2) is 12.7. The van der Waals surface area contributed by atoms with Gasteiger partial charge in [0.05, 0.1) is 38.1 Å². The molecule has 1 fully saturated rings. The van der Waals surface area contributed by atoms with Crippen molar-refractivity contribution < 1.29 is 19.0 Å². The number of carbonyl (C=O) groups excluding carboxylic acids is 1. The van der Waals surface area contributed by atoms with Gasteiger partial charge in [0.2, 0.25) is 5.91 Å². The van der Waals surface area contributed by atoms with E-state index in [9.17, 15) is 4.79 Å². The molecule has 4 rings (SSSR count). The molecule has 1 aliphatic rings. The summed E-state index contributed by atoms with van der Waals surface area (Å²) in [4.78, 5) is 18.8. The Morgan fingerprint density at radius 3 is 2.41 bits per heavy atom. The second-order valence-corrected chi connectivity index (χ2v) is 8.16. The Hall–Kier alpha value is -3.42. The van der Waals surface area contributed by atoms with Crippen molar-refractivity contribution in [3.8, 4) is 11.5 Å². The average molecular weight is 462 g/mol. The van der Waals surface area contributed by atoms with Crippen molar-refractivity contribution in [1.29, 1.82) is 0 Å². The van der Waals surface area contributed by atoms with Gasteiger partial charge in [-0.25, -0.2) is 0 Å². The van der Waals surface area contributed by atoms with Gasteiger partial charge in [0.1, 0.15) is 24.7 Å². The summed E-state index contributed by atoms with van der Waals surface area (Å²) in [6, 6.07) is 21.4. The fourth-order valence-corrected chi connectivity index (χ4v) is 3.60. The molecule has 0 radical (unpaired) electrons. The largest absolute Gasteiger partial charge is 0.492 e. The van der Waals surface area contributed by atoms with Crippen molar-refractivity contribution in [2.75, 3.05) is 39.5 Å². The number of carbonyl (C=O) groups is 1. The number of pyridine rings is 1. The maximum atomic E-state index is 12.1. The first-order valence-electron chi connectivity index (χ1n) is 11.6. The van der Waals surface area contributed by atoms with E-state index in [0.717, 1.165) is 55.4 Å². The number of benzene rings is 2. The van der Waals surface area contributed by atoms with Crippen LogP contribution in [-0.2, 0) is 29.1 Å². The topological polar surface area (TPSA) is 72.9 Å². The number of hydrogen-bond donors (Lipinski definition) is 1. The number of morpholine rings is 1. The van der Waals surface area contributed by atoms with Crippen LogP contribution in [0.5, 0.6) is 11.5 Å². The van der Waals surface area contributed by atoms with Crippen LogP contribution < -0.4 is 14.8 Å². The lowest BCUT2D eigenvalue weighted by atomic mass is 10.1. The van der Waals surface area contributed by atoms with Gasteiger partial charge in [0.25, 0.3) is 0 Å². The number of ether oxygens (including phenoxy) is 3. The van der Waals surface area contributed by atoms with Crippen LogP contribution in [0.2, 0.25) is 0 Å². The van der Waals surface area contributed by atoms with Crippen molar-refractivity contribution >= 4 is 5.91 Å². The van der Waals surface area contributed by atoms with Gasteiger partial charge in [-0.2, -0.15) is 0 Å². The fourth-order valence-electron chi connectivity index (χ4n) is 3.60. The van der Waals surface area contributed by atoms with Crippen molar-refractivity contribution in [3.05, 3.63) is 89.7 Å². The third kappa shape index (κ3) is 7.86. The average Bonchev–Trinajstić information content (AvgIpc) is 2.89. The van der Waals surface area contributed by atoms with Gasteiger partial charge in [-0.1, -0.05) is 42.5 Å². The third-order valence-electron chi connectivity index (χ3n) is 5.58. The quantitative estimate of drug-likeness (QED) is 0.473. The van der Waals surface area contributed by atoms with Crippen molar-refractivity contribution in [3.63, 3.8) is 0 Å². The molecule has 0 atom stereocenters. The predicted octanol–water partition coefficient (Wildman–Crippen LogP) is 3.23. The molecule has 178 valence electrons. The Balaban J connectivity index is 1.15. The zero-order chi connectivity index (χ0) is 23.4. The lowest BCUT2D eigenvalue weighted by molar-refractivity contribution is -0.120. The summed E-state index contributed by atoms with van der Waals surface area (Å²) in [6.45, 7) is 5.96. The molecule has 1 saturated heterocycles. The Morgan fingerprint density at radius 1 is 0.912 bits per heavy atom.